The summed E-state index contributed by atoms with van der Waals surface area (Å²) < 4.78 is 66.7. The zero-order chi connectivity index (χ0) is 30.2. The molecule has 1 fully saturated rings. The maximum absolute atomic E-state index is 14.8. The molecule has 0 radical (unpaired) electrons. The largest absolute Gasteiger partial charge is 0.459 e. The zero-order valence-electron chi connectivity index (χ0n) is 23.3. The van der Waals surface area contributed by atoms with Gasteiger partial charge in [0.25, 0.3) is 11.8 Å². The van der Waals surface area contributed by atoms with Gasteiger partial charge in [-0.15, -0.1) is 0 Å². The number of halogens is 4. The lowest BCUT2D eigenvalue weighted by Gasteiger charge is -2.31. The number of ether oxygens (including phenoxy) is 1. The molecule has 2 aromatic carbocycles. The van der Waals surface area contributed by atoms with E-state index in [-0.39, 0.29) is 43.9 Å². The summed E-state index contributed by atoms with van der Waals surface area (Å²) in [6.07, 6.45) is -1.37. The van der Waals surface area contributed by atoms with Crippen LogP contribution in [0.5, 0.6) is 0 Å². The SMILES string of the molecule is CC(C)(C)OC(=O)NCc1cc2cc(-c3ccc(C(=O)N4CCC(F)(F)CC4)cc3)cc(-c3ccc(F)nc3F)c2o1. The summed E-state index contributed by atoms with van der Waals surface area (Å²) in [5.41, 5.74) is 1.63. The standard InChI is InChI=1S/C31H29F4N3O4/c1-30(2,3)42-29(40)36-17-22-15-21-14-20(16-24(26(21)41-22)23-8-9-25(32)37-27(23)33)18-4-6-19(7-5-18)28(39)38-12-10-31(34,35)11-13-38/h4-9,14-16H,10-13,17H2,1-3H3,(H,36,40). The van der Waals surface area contributed by atoms with Crippen LogP contribution in [0, 0.1) is 11.9 Å². The second-order valence-electron chi connectivity index (χ2n) is 11.2. The van der Waals surface area contributed by atoms with Crippen molar-refractivity contribution in [2.24, 2.45) is 0 Å². The summed E-state index contributed by atoms with van der Waals surface area (Å²) in [5, 5.41) is 3.21. The van der Waals surface area contributed by atoms with Crippen LogP contribution in [0.4, 0.5) is 22.4 Å². The van der Waals surface area contributed by atoms with Crippen molar-refractivity contribution in [1.82, 2.24) is 15.2 Å². The van der Waals surface area contributed by atoms with Crippen molar-refractivity contribution in [3.63, 3.8) is 0 Å². The lowest BCUT2D eigenvalue weighted by Crippen LogP contribution is -2.42. The lowest BCUT2D eigenvalue weighted by atomic mass is 9.96. The molecule has 11 heteroatoms. The number of carbonyl (C=O) groups excluding carboxylic acids is 2. The molecule has 0 atom stereocenters. The van der Waals surface area contributed by atoms with E-state index in [1.54, 1.807) is 63.2 Å². The van der Waals surface area contributed by atoms with Gasteiger partial charge in [-0.1, -0.05) is 12.1 Å². The molecule has 220 valence electrons. The van der Waals surface area contributed by atoms with E-state index in [0.717, 1.165) is 6.07 Å². The van der Waals surface area contributed by atoms with Gasteiger partial charge in [0.15, 0.2) is 0 Å². The average Bonchev–Trinajstić information content (AvgIpc) is 3.34. The second kappa shape index (κ2) is 11.1. The quantitative estimate of drug-likeness (QED) is 0.196. The highest BCUT2D eigenvalue weighted by Gasteiger charge is 2.35. The van der Waals surface area contributed by atoms with Gasteiger partial charge in [0.2, 0.25) is 11.9 Å². The fraction of sp³-hybridized carbons (Fsp3) is 0.323. The monoisotopic (exact) mass is 583 g/mol. The Morgan fingerprint density at radius 3 is 2.31 bits per heavy atom. The summed E-state index contributed by atoms with van der Waals surface area (Å²) in [6.45, 7) is 5.19. The number of nitrogens with one attached hydrogen (secondary N) is 1. The topological polar surface area (TPSA) is 84.7 Å². The first kappa shape index (κ1) is 29.1. The average molecular weight is 584 g/mol. The van der Waals surface area contributed by atoms with E-state index in [4.69, 9.17) is 9.15 Å². The van der Waals surface area contributed by atoms with Crippen LogP contribution < -0.4 is 5.32 Å². The van der Waals surface area contributed by atoms with E-state index in [0.29, 0.717) is 39.0 Å². The number of alkyl halides is 2. The highest BCUT2D eigenvalue weighted by molar-refractivity contribution is 5.98. The number of rotatable bonds is 5. The van der Waals surface area contributed by atoms with Crippen molar-refractivity contribution < 1.29 is 36.3 Å². The number of nitrogens with zero attached hydrogens (tertiary/aromatic N) is 2. The van der Waals surface area contributed by atoms with Crippen molar-refractivity contribution in [2.45, 2.75) is 51.7 Å². The van der Waals surface area contributed by atoms with E-state index in [1.807, 2.05) is 0 Å². The van der Waals surface area contributed by atoms with Gasteiger partial charge < -0.3 is 19.4 Å². The highest BCUT2D eigenvalue weighted by Crippen LogP contribution is 2.37. The molecule has 3 heterocycles. The first-order valence-corrected chi connectivity index (χ1v) is 13.4. The summed E-state index contributed by atoms with van der Waals surface area (Å²) in [6, 6.07) is 14.1. The Hall–Kier alpha value is -4.41. The molecule has 0 unspecified atom stereocenters. The van der Waals surface area contributed by atoms with E-state index in [9.17, 15) is 27.2 Å². The first-order chi connectivity index (χ1) is 19.8. The van der Waals surface area contributed by atoms with Gasteiger partial charge in [-0.2, -0.15) is 13.8 Å². The molecular formula is C31H29F4N3O4. The Morgan fingerprint density at radius 2 is 1.67 bits per heavy atom. The third-order valence-corrected chi connectivity index (χ3v) is 6.83. The Morgan fingerprint density at radius 1 is 0.976 bits per heavy atom. The van der Waals surface area contributed by atoms with Crippen LogP contribution in [-0.2, 0) is 11.3 Å². The number of piperidine rings is 1. The minimum atomic E-state index is -2.75. The molecule has 0 saturated carbocycles. The summed E-state index contributed by atoms with van der Waals surface area (Å²) in [5.74, 6) is -4.70. The van der Waals surface area contributed by atoms with Crippen LogP contribution in [-0.4, -0.2) is 46.5 Å². The molecule has 0 aliphatic carbocycles. The van der Waals surface area contributed by atoms with E-state index in [2.05, 4.69) is 10.3 Å². The molecule has 4 aromatic rings. The van der Waals surface area contributed by atoms with Crippen LogP contribution in [0.2, 0.25) is 0 Å². The number of pyridine rings is 1. The molecule has 1 saturated heterocycles. The fourth-order valence-electron chi connectivity index (χ4n) is 4.77. The number of hydrogen-bond donors (Lipinski definition) is 1. The van der Waals surface area contributed by atoms with E-state index >= 15 is 0 Å². The van der Waals surface area contributed by atoms with Crippen LogP contribution in [0.15, 0.2) is 59.0 Å². The van der Waals surface area contributed by atoms with Crippen LogP contribution in [0.3, 0.4) is 0 Å². The molecule has 7 nitrogen and oxygen atoms in total. The number of amides is 2. The van der Waals surface area contributed by atoms with Gasteiger partial charge >= 0.3 is 6.09 Å². The van der Waals surface area contributed by atoms with Crippen molar-refractivity contribution >= 4 is 23.0 Å². The predicted octanol–water partition coefficient (Wildman–Crippen LogP) is 7.34. The number of carbonyl (C=O) groups is 2. The second-order valence-corrected chi connectivity index (χ2v) is 11.2. The molecule has 1 N–H and O–H groups in total. The summed E-state index contributed by atoms with van der Waals surface area (Å²) in [7, 11) is 0. The third-order valence-electron chi connectivity index (χ3n) is 6.83. The van der Waals surface area contributed by atoms with Crippen molar-refractivity contribution in [1.29, 1.82) is 0 Å². The predicted molar refractivity (Wildman–Crippen MR) is 148 cm³/mol. The van der Waals surface area contributed by atoms with Crippen LogP contribution >= 0.6 is 0 Å². The molecule has 1 aliphatic heterocycles. The normalized spacial score (nSPS) is 15.1. The molecule has 0 bridgehead atoms. The van der Waals surface area contributed by atoms with Crippen molar-refractivity contribution in [3.8, 4) is 22.3 Å². The maximum atomic E-state index is 14.8. The smallest absolute Gasteiger partial charge is 0.408 e. The van der Waals surface area contributed by atoms with Crippen molar-refractivity contribution in [3.05, 3.63) is 77.8 Å². The lowest BCUT2D eigenvalue weighted by molar-refractivity contribution is -0.0494. The van der Waals surface area contributed by atoms with E-state index in [1.165, 1.54) is 11.0 Å². The molecule has 1 aliphatic rings. The number of benzene rings is 2. The van der Waals surface area contributed by atoms with Gasteiger partial charge in [0.1, 0.15) is 16.9 Å². The number of fused-ring (bicyclic) bond motifs is 1. The van der Waals surface area contributed by atoms with Crippen LogP contribution in [0.1, 0.15) is 49.7 Å². The molecular weight excluding hydrogens is 554 g/mol. The fourth-order valence-corrected chi connectivity index (χ4v) is 4.77. The summed E-state index contributed by atoms with van der Waals surface area (Å²) >= 11 is 0. The molecule has 2 aromatic heterocycles. The van der Waals surface area contributed by atoms with Gasteiger partial charge in [-0.05, 0) is 74.4 Å². The molecule has 42 heavy (non-hydrogen) atoms. The Labute approximate surface area is 239 Å². The van der Waals surface area contributed by atoms with Gasteiger partial charge in [0.05, 0.1) is 6.54 Å². The van der Waals surface area contributed by atoms with E-state index < -0.39 is 29.5 Å². The zero-order valence-corrected chi connectivity index (χ0v) is 23.3. The van der Waals surface area contributed by atoms with Gasteiger partial charge in [-0.25, -0.2) is 13.6 Å². The third kappa shape index (κ3) is 6.56. The number of hydrogen-bond acceptors (Lipinski definition) is 5. The molecule has 0 spiro atoms. The highest BCUT2D eigenvalue weighted by atomic mass is 19.3. The van der Waals surface area contributed by atoms with Crippen molar-refractivity contribution in [2.75, 3.05) is 13.1 Å². The number of furan rings is 1. The Kier molecular flexibility index (Phi) is 7.70. The minimum absolute atomic E-state index is 0.00174. The number of alkyl carbamates (subject to hydrolysis) is 1. The van der Waals surface area contributed by atoms with Crippen LogP contribution in [0.25, 0.3) is 33.2 Å². The molecule has 5 rings (SSSR count). The Balaban J connectivity index is 1.46. The number of aromatic nitrogens is 1. The maximum Gasteiger partial charge on any atom is 0.408 e. The summed E-state index contributed by atoms with van der Waals surface area (Å²) in [4.78, 5) is 29.7. The Bertz CT molecular complexity index is 1630. The molecule has 2 amide bonds. The van der Waals surface area contributed by atoms with Gasteiger partial charge in [0, 0.05) is 48.0 Å². The number of likely N-dealkylation sites (tertiary alicyclic amines) is 1. The minimum Gasteiger partial charge on any atom is -0.459 e. The van der Waals surface area contributed by atoms with Gasteiger partial charge in [-0.3, -0.25) is 4.79 Å². The first-order valence-electron chi connectivity index (χ1n) is 13.4.